The molecule has 116 valence electrons. The molecule has 6 heteroatoms. The average Bonchev–Trinajstić information content (AvgIpc) is 2.75. The van der Waals surface area contributed by atoms with E-state index in [-0.39, 0.29) is 0 Å². The van der Waals surface area contributed by atoms with Crippen molar-refractivity contribution in [1.82, 2.24) is 14.9 Å². The highest BCUT2D eigenvalue weighted by Gasteiger charge is 2.40. The highest BCUT2D eigenvalue weighted by atomic mass is 35.5. The molecule has 3 rings (SSSR count). The minimum absolute atomic E-state index is 0.545. The summed E-state index contributed by atoms with van der Waals surface area (Å²) in [6.45, 7) is 6.75. The second-order valence-electron chi connectivity index (χ2n) is 6.36. The summed E-state index contributed by atoms with van der Waals surface area (Å²) in [6.07, 6.45) is 2.36. The Hall–Kier alpha value is 0.0300. The van der Waals surface area contributed by atoms with Crippen molar-refractivity contribution < 1.29 is 0 Å². The number of nitrogens with zero attached hydrogens (tertiary/aromatic N) is 3. The van der Waals surface area contributed by atoms with Gasteiger partial charge in [0.15, 0.2) is 5.16 Å². The van der Waals surface area contributed by atoms with Crippen LogP contribution >= 0.6 is 35.1 Å². The zero-order valence-corrected chi connectivity index (χ0v) is 15.2. The number of rotatable bonds is 4. The van der Waals surface area contributed by atoms with E-state index in [0.717, 1.165) is 34.9 Å². The summed E-state index contributed by atoms with van der Waals surface area (Å²) >= 11 is 10.1. The van der Waals surface area contributed by atoms with Crippen LogP contribution in [0.5, 0.6) is 0 Å². The van der Waals surface area contributed by atoms with Crippen molar-refractivity contribution in [2.75, 3.05) is 25.9 Å². The highest BCUT2D eigenvalue weighted by Crippen LogP contribution is 2.50. The van der Waals surface area contributed by atoms with E-state index in [1.807, 2.05) is 11.8 Å². The average molecular weight is 344 g/mol. The molecule has 0 saturated carbocycles. The van der Waals surface area contributed by atoms with Crippen LogP contribution in [0.1, 0.15) is 38.2 Å². The van der Waals surface area contributed by atoms with Gasteiger partial charge in [0.1, 0.15) is 10.2 Å². The van der Waals surface area contributed by atoms with Crippen molar-refractivity contribution in [2.45, 2.75) is 48.0 Å². The van der Waals surface area contributed by atoms with Gasteiger partial charge in [-0.2, -0.15) is 0 Å². The summed E-state index contributed by atoms with van der Waals surface area (Å²) in [4.78, 5) is 11.7. The monoisotopic (exact) mass is 343 g/mol. The minimum Gasteiger partial charge on any atom is -0.305 e. The maximum Gasteiger partial charge on any atom is 0.190 e. The molecule has 0 spiro atoms. The van der Waals surface area contributed by atoms with Crippen LogP contribution < -0.4 is 0 Å². The summed E-state index contributed by atoms with van der Waals surface area (Å²) < 4.78 is 0. The Kier molecular flexibility index (Phi) is 5.04. The first kappa shape index (κ1) is 15.9. The molecule has 2 unspecified atom stereocenters. The zero-order valence-electron chi connectivity index (χ0n) is 12.8. The third-order valence-corrected chi connectivity index (χ3v) is 6.65. The second-order valence-corrected chi connectivity index (χ2v) is 9.01. The van der Waals surface area contributed by atoms with Crippen LogP contribution in [0.2, 0.25) is 5.15 Å². The molecule has 2 aliphatic heterocycles. The molecule has 1 aromatic rings. The summed E-state index contributed by atoms with van der Waals surface area (Å²) in [7, 11) is 2.19. The molecular weight excluding hydrogens is 322 g/mol. The minimum atomic E-state index is 0.545. The lowest BCUT2D eigenvalue weighted by molar-refractivity contribution is 0.264. The van der Waals surface area contributed by atoms with E-state index in [4.69, 9.17) is 16.6 Å². The van der Waals surface area contributed by atoms with Crippen LogP contribution in [0.15, 0.2) is 10.2 Å². The quantitative estimate of drug-likeness (QED) is 0.465. The van der Waals surface area contributed by atoms with Crippen LogP contribution in [0.25, 0.3) is 0 Å². The van der Waals surface area contributed by atoms with Gasteiger partial charge in [0.2, 0.25) is 0 Å². The van der Waals surface area contributed by atoms with Crippen LogP contribution in [-0.4, -0.2) is 46.0 Å². The third kappa shape index (κ3) is 3.52. The number of fused-ring (bicyclic) bond motifs is 3. The molecule has 0 radical (unpaired) electrons. The van der Waals surface area contributed by atoms with Crippen molar-refractivity contribution in [3.8, 4) is 0 Å². The lowest BCUT2D eigenvalue weighted by Gasteiger charge is -2.31. The molecule has 0 N–H and O–H groups in total. The Morgan fingerprint density at radius 2 is 2.24 bits per heavy atom. The molecule has 0 amide bonds. The third-order valence-electron chi connectivity index (χ3n) is 4.17. The fraction of sp³-hybridized carbons (Fsp3) is 0.733. The van der Waals surface area contributed by atoms with E-state index in [0.29, 0.717) is 16.3 Å². The first-order valence-electron chi connectivity index (χ1n) is 7.60. The number of halogens is 1. The SMILES string of the molecule is CC(C)CCSc1nc(Cl)c2c(n1)SC1CN(C)CCC21. The second kappa shape index (κ2) is 6.65. The molecule has 0 bridgehead atoms. The van der Waals surface area contributed by atoms with Crippen LogP contribution in [-0.2, 0) is 0 Å². The van der Waals surface area contributed by atoms with Gasteiger partial charge in [0, 0.05) is 29.0 Å². The van der Waals surface area contributed by atoms with Gasteiger partial charge in [-0.05, 0) is 32.4 Å². The number of aromatic nitrogens is 2. The van der Waals surface area contributed by atoms with Gasteiger partial charge in [-0.25, -0.2) is 9.97 Å². The van der Waals surface area contributed by atoms with Gasteiger partial charge >= 0.3 is 0 Å². The Balaban J connectivity index is 1.76. The van der Waals surface area contributed by atoms with E-state index in [2.05, 4.69) is 30.8 Å². The van der Waals surface area contributed by atoms with Crippen molar-refractivity contribution in [3.63, 3.8) is 0 Å². The Bertz CT molecular complexity index is 524. The molecule has 2 atom stereocenters. The molecule has 2 aliphatic rings. The number of hydrogen-bond acceptors (Lipinski definition) is 5. The van der Waals surface area contributed by atoms with E-state index >= 15 is 0 Å². The molecule has 3 heterocycles. The van der Waals surface area contributed by atoms with Crippen LogP contribution in [0.4, 0.5) is 0 Å². The fourth-order valence-corrected chi connectivity index (χ4v) is 6.04. The number of hydrogen-bond donors (Lipinski definition) is 0. The van der Waals surface area contributed by atoms with Gasteiger partial charge < -0.3 is 4.90 Å². The Morgan fingerprint density at radius 1 is 1.43 bits per heavy atom. The lowest BCUT2D eigenvalue weighted by Crippen LogP contribution is -2.36. The van der Waals surface area contributed by atoms with E-state index in [1.165, 1.54) is 18.4 Å². The smallest absolute Gasteiger partial charge is 0.190 e. The van der Waals surface area contributed by atoms with Crippen LogP contribution in [0, 0.1) is 5.92 Å². The summed E-state index contributed by atoms with van der Waals surface area (Å²) in [6, 6.07) is 0. The van der Waals surface area contributed by atoms with Crippen molar-refractivity contribution in [2.24, 2.45) is 5.92 Å². The predicted molar refractivity (Wildman–Crippen MR) is 91.7 cm³/mol. The van der Waals surface area contributed by atoms with Crippen molar-refractivity contribution in [3.05, 3.63) is 10.7 Å². The van der Waals surface area contributed by atoms with Gasteiger partial charge in [-0.3, -0.25) is 0 Å². The molecule has 0 aliphatic carbocycles. The molecule has 21 heavy (non-hydrogen) atoms. The fourth-order valence-electron chi connectivity index (χ4n) is 2.92. The lowest BCUT2D eigenvalue weighted by atomic mass is 9.91. The van der Waals surface area contributed by atoms with Crippen molar-refractivity contribution in [1.29, 1.82) is 0 Å². The van der Waals surface area contributed by atoms with E-state index < -0.39 is 0 Å². The molecule has 1 aromatic heterocycles. The maximum absolute atomic E-state index is 6.48. The van der Waals surface area contributed by atoms with E-state index in [9.17, 15) is 0 Å². The van der Waals surface area contributed by atoms with Crippen LogP contribution in [0.3, 0.4) is 0 Å². The van der Waals surface area contributed by atoms with Gasteiger partial charge in [-0.1, -0.05) is 37.2 Å². The molecular formula is C15H22ClN3S2. The van der Waals surface area contributed by atoms with Crippen molar-refractivity contribution >= 4 is 35.1 Å². The Morgan fingerprint density at radius 3 is 3.00 bits per heavy atom. The largest absolute Gasteiger partial charge is 0.305 e. The predicted octanol–water partition coefficient (Wildman–Crippen LogP) is 4.16. The number of thioether (sulfide) groups is 2. The number of piperidine rings is 1. The van der Waals surface area contributed by atoms with E-state index in [1.54, 1.807) is 11.8 Å². The Labute approximate surface area is 140 Å². The summed E-state index contributed by atoms with van der Waals surface area (Å²) in [5, 5.41) is 3.27. The topological polar surface area (TPSA) is 29.0 Å². The normalized spacial score (nSPS) is 25.2. The maximum atomic E-state index is 6.48. The molecule has 0 aromatic carbocycles. The van der Waals surface area contributed by atoms with Gasteiger partial charge in [0.05, 0.1) is 0 Å². The molecule has 1 saturated heterocycles. The first-order valence-corrected chi connectivity index (χ1v) is 9.84. The standard InChI is InChI=1S/C15H22ClN3S2/c1-9(2)5-7-20-15-17-13(16)12-10-4-6-19(3)8-11(10)21-14(12)18-15/h9-11H,4-8H2,1-3H3. The zero-order chi connectivity index (χ0) is 15.0. The first-order chi connectivity index (χ1) is 10.0. The summed E-state index contributed by atoms with van der Waals surface area (Å²) in [5.74, 6) is 2.33. The van der Waals surface area contributed by atoms with Gasteiger partial charge in [0.25, 0.3) is 0 Å². The van der Waals surface area contributed by atoms with Gasteiger partial charge in [-0.15, -0.1) is 11.8 Å². The summed E-state index contributed by atoms with van der Waals surface area (Å²) in [5.41, 5.74) is 1.22. The molecule has 1 fully saturated rings. The number of likely N-dealkylation sites (tertiary alicyclic amines) is 1. The molecule has 3 nitrogen and oxygen atoms in total. The highest BCUT2D eigenvalue weighted by molar-refractivity contribution is 8.00.